The topological polar surface area (TPSA) is 106 Å². The molecule has 1 N–H and O–H groups in total. The van der Waals surface area contributed by atoms with Crippen LogP contribution < -0.4 is 10.2 Å². The number of anilines is 1. The summed E-state index contributed by atoms with van der Waals surface area (Å²) in [6.07, 6.45) is 1.23. The molecule has 172 valence electrons. The van der Waals surface area contributed by atoms with Gasteiger partial charge in [0.05, 0.1) is 25.7 Å². The Balaban J connectivity index is 1.72. The fourth-order valence-corrected chi connectivity index (χ4v) is 4.36. The quantitative estimate of drug-likeness (QED) is 0.122. The first kappa shape index (κ1) is 24.4. The summed E-state index contributed by atoms with van der Waals surface area (Å²) in [5, 5.41) is 14.0. The molecule has 0 aliphatic carbocycles. The zero-order valence-corrected chi connectivity index (χ0v) is 21.1. The van der Waals surface area contributed by atoms with E-state index in [0.717, 1.165) is 4.90 Å². The van der Waals surface area contributed by atoms with Crippen molar-refractivity contribution in [2.45, 2.75) is 0 Å². The van der Waals surface area contributed by atoms with Crippen molar-refractivity contribution < 1.29 is 18.9 Å². The molecule has 1 aliphatic rings. The lowest BCUT2D eigenvalue weighted by molar-refractivity contribution is -0.385. The van der Waals surface area contributed by atoms with Gasteiger partial charge in [0, 0.05) is 11.6 Å². The molecule has 3 aromatic rings. The number of furan rings is 1. The van der Waals surface area contributed by atoms with Gasteiger partial charge in [-0.3, -0.25) is 29.9 Å². The van der Waals surface area contributed by atoms with E-state index < -0.39 is 16.7 Å². The summed E-state index contributed by atoms with van der Waals surface area (Å²) in [6, 6.07) is 10.4. The number of nitrogens with one attached hydrogen (secondary N) is 1. The highest BCUT2D eigenvalue weighted by Crippen LogP contribution is 2.38. The van der Waals surface area contributed by atoms with E-state index in [1.54, 1.807) is 12.1 Å². The molecule has 0 bridgehead atoms. The fourth-order valence-electron chi connectivity index (χ4n) is 3.12. The summed E-state index contributed by atoms with van der Waals surface area (Å²) < 4.78 is 5.84. The number of carbonyl (C=O) groups excluding carboxylic acids is 2. The molecule has 0 radical (unpaired) electrons. The van der Waals surface area contributed by atoms with Gasteiger partial charge in [0.1, 0.15) is 21.6 Å². The second-order valence-corrected chi connectivity index (χ2v) is 9.15. The van der Waals surface area contributed by atoms with E-state index in [2.05, 4.69) is 21.2 Å². The molecule has 1 saturated heterocycles. The summed E-state index contributed by atoms with van der Waals surface area (Å²) in [6.45, 7) is 0. The Labute approximate surface area is 220 Å². The lowest BCUT2D eigenvalue weighted by Crippen LogP contribution is -2.54. The third kappa shape index (κ3) is 4.47. The van der Waals surface area contributed by atoms with E-state index in [-0.39, 0.29) is 53.1 Å². The maximum Gasteiger partial charge on any atom is 0.285 e. The standard InChI is InChI=1S/C21H9BrCl3N3O5S/c22-17-13(24)6-9(7-15(17)28(31)32)16-5-4-10(33-16)8-11-19(29)26-21(34)27(20(11)30)14-3-1-2-12(23)18(14)25/h1-8H,(H,26,29,34)/b11-8+. The highest BCUT2D eigenvalue weighted by Gasteiger charge is 2.36. The van der Waals surface area contributed by atoms with Gasteiger partial charge in [-0.1, -0.05) is 40.9 Å². The van der Waals surface area contributed by atoms with E-state index in [1.807, 2.05) is 0 Å². The molecule has 13 heteroatoms. The van der Waals surface area contributed by atoms with Gasteiger partial charge in [0.25, 0.3) is 17.5 Å². The molecule has 2 amide bonds. The number of nitro groups is 1. The number of carbonyl (C=O) groups is 2. The van der Waals surface area contributed by atoms with Crippen LogP contribution in [0.5, 0.6) is 0 Å². The van der Waals surface area contributed by atoms with Crippen molar-refractivity contribution in [3.8, 4) is 11.3 Å². The van der Waals surface area contributed by atoms with Gasteiger partial charge >= 0.3 is 0 Å². The molecule has 2 aromatic carbocycles. The van der Waals surface area contributed by atoms with E-state index >= 15 is 0 Å². The largest absolute Gasteiger partial charge is 0.457 e. The summed E-state index contributed by atoms with van der Waals surface area (Å²) in [4.78, 5) is 37.4. The van der Waals surface area contributed by atoms with Crippen molar-refractivity contribution in [2.75, 3.05) is 4.90 Å². The minimum Gasteiger partial charge on any atom is -0.457 e. The monoisotopic (exact) mass is 599 g/mol. The molecular weight excluding hydrogens is 593 g/mol. The van der Waals surface area contributed by atoms with Crippen LogP contribution in [0.25, 0.3) is 17.4 Å². The molecule has 34 heavy (non-hydrogen) atoms. The third-order valence-corrected chi connectivity index (χ3v) is 7.13. The lowest BCUT2D eigenvalue weighted by atomic mass is 10.1. The molecule has 1 fully saturated rings. The summed E-state index contributed by atoms with van der Waals surface area (Å²) in [5.41, 5.74) is 0.0121. The fraction of sp³-hybridized carbons (Fsp3) is 0. The summed E-state index contributed by atoms with van der Waals surface area (Å²) >= 11 is 26.6. The van der Waals surface area contributed by atoms with Gasteiger partial charge < -0.3 is 4.42 Å². The second kappa shape index (κ2) is 9.47. The van der Waals surface area contributed by atoms with E-state index in [4.69, 9.17) is 51.4 Å². The number of hydrogen-bond acceptors (Lipinski definition) is 6. The molecule has 1 aromatic heterocycles. The summed E-state index contributed by atoms with van der Waals surface area (Å²) in [5.74, 6) is -1.10. The Hall–Kier alpha value is -2.76. The Bertz CT molecular complexity index is 1440. The predicted octanol–water partition coefficient (Wildman–Crippen LogP) is 6.41. The van der Waals surface area contributed by atoms with Gasteiger partial charge in [-0.05, 0) is 64.6 Å². The van der Waals surface area contributed by atoms with Crippen LogP contribution in [0, 0.1) is 10.1 Å². The number of benzene rings is 2. The number of amides is 2. The van der Waals surface area contributed by atoms with Gasteiger partial charge in [0.15, 0.2) is 5.11 Å². The number of halogens is 4. The molecular formula is C21H9BrCl3N3O5S. The molecule has 8 nitrogen and oxygen atoms in total. The van der Waals surface area contributed by atoms with Crippen LogP contribution in [0.2, 0.25) is 15.1 Å². The van der Waals surface area contributed by atoms with Crippen LogP contribution in [-0.2, 0) is 9.59 Å². The van der Waals surface area contributed by atoms with E-state index in [9.17, 15) is 19.7 Å². The normalized spacial score (nSPS) is 15.1. The number of nitro benzene ring substituents is 1. The number of rotatable bonds is 4. The highest BCUT2D eigenvalue weighted by atomic mass is 79.9. The highest BCUT2D eigenvalue weighted by molar-refractivity contribution is 9.10. The van der Waals surface area contributed by atoms with Crippen molar-refractivity contribution >= 4 is 97.3 Å². The Morgan fingerprint density at radius 3 is 2.56 bits per heavy atom. The third-order valence-electron chi connectivity index (χ3n) is 4.68. The first-order valence-corrected chi connectivity index (χ1v) is 11.5. The predicted molar refractivity (Wildman–Crippen MR) is 136 cm³/mol. The lowest BCUT2D eigenvalue weighted by Gasteiger charge is -2.29. The van der Waals surface area contributed by atoms with Crippen molar-refractivity contribution in [1.29, 1.82) is 0 Å². The average Bonchev–Trinajstić information content (AvgIpc) is 3.24. The zero-order chi connectivity index (χ0) is 24.7. The van der Waals surface area contributed by atoms with Gasteiger partial charge in [0.2, 0.25) is 0 Å². The molecule has 0 spiro atoms. The van der Waals surface area contributed by atoms with Crippen molar-refractivity contribution in [2.24, 2.45) is 0 Å². The molecule has 4 rings (SSSR count). The SMILES string of the molecule is O=C1NC(=S)N(c2cccc(Cl)c2Cl)C(=O)/C1=C/c1ccc(-c2cc(Cl)c(Br)c([N+](=O)[O-])c2)o1. The molecule has 2 heterocycles. The van der Waals surface area contributed by atoms with Crippen LogP contribution >= 0.6 is 63.0 Å². The second-order valence-electron chi connectivity index (χ2n) is 6.78. The Kier molecular flexibility index (Phi) is 6.79. The summed E-state index contributed by atoms with van der Waals surface area (Å²) in [7, 11) is 0. The Morgan fingerprint density at radius 1 is 1.12 bits per heavy atom. The van der Waals surface area contributed by atoms with Crippen LogP contribution in [0.3, 0.4) is 0 Å². The van der Waals surface area contributed by atoms with Crippen molar-refractivity contribution in [3.05, 3.63) is 83.5 Å². The maximum absolute atomic E-state index is 13.2. The minimum atomic E-state index is -0.738. The molecule has 0 saturated carbocycles. The van der Waals surface area contributed by atoms with Crippen LogP contribution in [0.1, 0.15) is 5.76 Å². The van der Waals surface area contributed by atoms with Crippen LogP contribution in [0.4, 0.5) is 11.4 Å². The van der Waals surface area contributed by atoms with Gasteiger partial charge in [-0.15, -0.1) is 0 Å². The first-order valence-electron chi connectivity index (χ1n) is 9.17. The zero-order valence-electron chi connectivity index (χ0n) is 16.5. The van der Waals surface area contributed by atoms with Crippen molar-refractivity contribution in [1.82, 2.24) is 5.32 Å². The van der Waals surface area contributed by atoms with E-state index in [0.29, 0.717) is 5.56 Å². The minimum absolute atomic E-state index is 0.0874. The van der Waals surface area contributed by atoms with Gasteiger partial charge in [-0.25, -0.2) is 0 Å². The van der Waals surface area contributed by atoms with Crippen LogP contribution in [0.15, 0.2) is 56.9 Å². The molecule has 0 unspecified atom stereocenters. The van der Waals surface area contributed by atoms with Crippen LogP contribution in [-0.4, -0.2) is 21.9 Å². The molecule has 1 aliphatic heterocycles. The number of thiocarbonyl (C=S) groups is 1. The van der Waals surface area contributed by atoms with Gasteiger partial charge in [-0.2, -0.15) is 0 Å². The number of hydrogen-bond donors (Lipinski definition) is 1. The Morgan fingerprint density at radius 2 is 1.85 bits per heavy atom. The van der Waals surface area contributed by atoms with E-state index in [1.165, 1.54) is 36.4 Å². The first-order chi connectivity index (χ1) is 16.1. The average molecular weight is 602 g/mol. The van der Waals surface area contributed by atoms with Crippen molar-refractivity contribution in [3.63, 3.8) is 0 Å². The smallest absolute Gasteiger partial charge is 0.285 e. The number of nitrogens with zero attached hydrogens (tertiary/aromatic N) is 2. The maximum atomic E-state index is 13.2. The molecule has 0 atom stereocenters.